The molecule has 3 aromatic rings. The summed E-state index contributed by atoms with van der Waals surface area (Å²) in [6.45, 7) is 3.33. The monoisotopic (exact) mass is 432 g/mol. The summed E-state index contributed by atoms with van der Waals surface area (Å²) < 4.78 is 2.00. The van der Waals surface area contributed by atoms with E-state index in [0.717, 1.165) is 48.2 Å². The number of nitrogens with one attached hydrogen (secondary N) is 1. The van der Waals surface area contributed by atoms with E-state index >= 15 is 0 Å². The lowest BCUT2D eigenvalue weighted by Crippen LogP contribution is -2.35. The normalized spacial score (nSPS) is 14.4. The average molecular weight is 433 g/mol. The zero-order valence-electron chi connectivity index (χ0n) is 18.8. The van der Waals surface area contributed by atoms with Crippen molar-refractivity contribution in [1.29, 1.82) is 0 Å². The first-order valence-corrected chi connectivity index (χ1v) is 11.7. The Kier molecular flexibility index (Phi) is 7.20. The zero-order valence-corrected chi connectivity index (χ0v) is 18.8. The SMILES string of the molecule is CCN(C(=O)Cn1c(CCNC(=O)C2CCCCC2)nc2ccccc21)c1ccccc1. The third-order valence-corrected chi connectivity index (χ3v) is 6.34. The van der Waals surface area contributed by atoms with Crippen LogP contribution >= 0.6 is 0 Å². The molecule has 2 aromatic carbocycles. The molecular weight excluding hydrogens is 400 g/mol. The van der Waals surface area contributed by atoms with Crippen LogP contribution in [0.25, 0.3) is 11.0 Å². The number of rotatable bonds is 8. The number of imidazole rings is 1. The molecule has 1 saturated carbocycles. The number of carbonyl (C=O) groups excluding carboxylic acids is 2. The topological polar surface area (TPSA) is 67.2 Å². The zero-order chi connectivity index (χ0) is 22.3. The Labute approximate surface area is 189 Å². The number of anilines is 1. The fourth-order valence-electron chi connectivity index (χ4n) is 4.63. The summed E-state index contributed by atoms with van der Waals surface area (Å²) in [5.74, 6) is 1.15. The van der Waals surface area contributed by atoms with E-state index in [1.54, 1.807) is 4.90 Å². The van der Waals surface area contributed by atoms with Gasteiger partial charge in [0.05, 0.1) is 11.0 Å². The van der Waals surface area contributed by atoms with Crippen LogP contribution in [0.3, 0.4) is 0 Å². The van der Waals surface area contributed by atoms with Gasteiger partial charge in [-0.05, 0) is 44.0 Å². The molecule has 1 aliphatic rings. The van der Waals surface area contributed by atoms with Gasteiger partial charge in [-0.3, -0.25) is 9.59 Å². The van der Waals surface area contributed by atoms with Gasteiger partial charge in [-0.15, -0.1) is 0 Å². The number of fused-ring (bicyclic) bond motifs is 1. The molecule has 32 heavy (non-hydrogen) atoms. The van der Waals surface area contributed by atoms with Crippen molar-refractivity contribution in [1.82, 2.24) is 14.9 Å². The van der Waals surface area contributed by atoms with E-state index in [-0.39, 0.29) is 24.3 Å². The number of hydrogen-bond acceptors (Lipinski definition) is 3. The van der Waals surface area contributed by atoms with E-state index in [1.165, 1.54) is 6.42 Å². The number of likely N-dealkylation sites (N-methyl/N-ethyl adjacent to an activating group) is 1. The van der Waals surface area contributed by atoms with Crippen molar-refractivity contribution in [2.45, 2.75) is 52.0 Å². The van der Waals surface area contributed by atoms with Crippen molar-refractivity contribution in [3.05, 3.63) is 60.4 Å². The van der Waals surface area contributed by atoms with Gasteiger partial charge >= 0.3 is 0 Å². The second-order valence-corrected chi connectivity index (χ2v) is 8.45. The van der Waals surface area contributed by atoms with E-state index in [0.29, 0.717) is 19.5 Å². The Hall–Kier alpha value is -3.15. The first kappa shape index (κ1) is 22.1. The molecule has 2 amide bonds. The van der Waals surface area contributed by atoms with E-state index in [1.807, 2.05) is 66.1 Å². The van der Waals surface area contributed by atoms with Crippen LogP contribution in [0.5, 0.6) is 0 Å². The summed E-state index contributed by atoms with van der Waals surface area (Å²) in [6.07, 6.45) is 6.10. The van der Waals surface area contributed by atoms with Gasteiger partial charge in [0.25, 0.3) is 0 Å². The lowest BCUT2D eigenvalue weighted by Gasteiger charge is -2.22. The lowest BCUT2D eigenvalue weighted by atomic mass is 9.89. The van der Waals surface area contributed by atoms with Gasteiger partial charge in [-0.2, -0.15) is 0 Å². The maximum Gasteiger partial charge on any atom is 0.246 e. The molecule has 1 aliphatic carbocycles. The van der Waals surface area contributed by atoms with Crippen LogP contribution in [0.15, 0.2) is 54.6 Å². The van der Waals surface area contributed by atoms with Gasteiger partial charge in [-0.1, -0.05) is 49.6 Å². The van der Waals surface area contributed by atoms with Crippen molar-refractivity contribution in [3.8, 4) is 0 Å². The summed E-state index contributed by atoms with van der Waals surface area (Å²) in [7, 11) is 0. The molecule has 0 bridgehead atoms. The molecule has 0 aliphatic heterocycles. The molecule has 1 fully saturated rings. The van der Waals surface area contributed by atoms with Crippen LogP contribution in [0, 0.1) is 5.92 Å². The minimum absolute atomic E-state index is 0.0225. The van der Waals surface area contributed by atoms with E-state index in [2.05, 4.69) is 5.32 Å². The molecular formula is C26H32N4O2. The minimum atomic E-state index is 0.0225. The van der Waals surface area contributed by atoms with Gasteiger partial charge in [0.2, 0.25) is 11.8 Å². The first-order valence-electron chi connectivity index (χ1n) is 11.7. The molecule has 1 aromatic heterocycles. The largest absolute Gasteiger partial charge is 0.355 e. The molecule has 6 heteroatoms. The van der Waals surface area contributed by atoms with Gasteiger partial charge in [0, 0.05) is 31.1 Å². The Bertz CT molecular complexity index is 1050. The maximum atomic E-state index is 13.2. The van der Waals surface area contributed by atoms with E-state index < -0.39 is 0 Å². The standard InChI is InChI=1S/C26H32N4O2/c1-2-29(21-13-7-4-8-14-21)25(31)19-30-23-16-10-9-15-22(23)28-24(30)17-18-27-26(32)20-11-5-3-6-12-20/h4,7-10,13-16,20H,2-3,5-6,11-12,17-19H2,1H3,(H,27,32). The molecule has 168 valence electrons. The van der Waals surface area contributed by atoms with Crippen molar-refractivity contribution in [2.24, 2.45) is 5.92 Å². The Morgan fingerprint density at radius 3 is 2.50 bits per heavy atom. The quantitative estimate of drug-likeness (QED) is 0.576. The van der Waals surface area contributed by atoms with Gasteiger partial charge < -0.3 is 14.8 Å². The van der Waals surface area contributed by atoms with Gasteiger partial charge in [0.1, 0.15) is 12.4 Å². The van der Waals surface area contributed by atoms with Crippen LogP contribution < -0.4 is 10.2 Å². The highest BCUT2D eigenvalue weighted by Crippen LogP contribution is 2.24. The van der Waals surface area contributed by atoms with Crippen LogP contribution in [-0.2, 0) is 22.6 Å². The van der Waals surface area contributed by atoms with Gasteiger partial charge in [0.15, 0.2) is 0 Å². The van der Waals surface area contributed by atoms with Crippen LogP contribution in [0.4, 0.5) is 5.69 Å². The third-order valence-electron chi connectivity index (χ3n) is 6.34. The number of hydrogen-bond donors (Lipinski definition) is 1. The predicted octanol–water partition coefficient (Wildman–Crippen LogP) is 4.33. The van der Waals surface area contributed by atoms with Crippen molar-refractivity contribution in [3.63, 3.8) is 0 Å². The van der Waals surface area contributed by atoms with Crippen LogP contribution in [-0.4, -0.2) is 34.5 Å². The molecule has 0 atom stereocenters. The summed E-state index contributed by atoms with van der Waals surface area (Å²) in [5, 5.41) is 3.10. The summed E-state index contributed by atoms with van der Waals surface area (Å²) in [4.78, 5) is 32.3. The molecule has 0 saturated heterocycles. The number of amides is 2. The molecule has 4 rings (SSSR count). The van der Waals surface area contributed by atoms with E-state index in [9.17, 15) is 9.59 Å². The van der Waals surface area contributed by atoms with Crippen molar-refractivity contribution >= 4 is 28.5 Å². The highest BCUT2D eigenvalue weighted by atomic mass is 16.2. The third kappa shape index (κ3) is 5.01. The Morgan fingerprint density at radius 2 is 1.75 bits per heavy atom. The average Bonchev–Trinajstić information content (AvgIpc) is 3.18. The molecule has 6 nitrogen and oxygen atoms in total. The Morgan fingerprint density at radius 1 is 1.03 bits per heavy atom. The summed E-state index contributed by atoms with van der Waals surface area (Å²) >= 11 is 0. The number of benzene rings is 2. The van der Waals surface area contributed by atoms with Crippen molar-refractivity contribution < 1.29 is 9.59 Å². The highest BCUT2D eigenvalue weighted by Gasteiger charge is 2.22. The summed E-state index contributed by atoms with van der Waals surface area (Å²) in [5.41, 5.74) is 2.71. The van der Waals surface area contributed by atoms with Crippen LogP contribution in [0.2, 0.25) is 0 Å². The number of carbonyl (C=O) groups is 2. The molecule has 0 unspecified atom stereocenters. The fraction of sp³-hybridized carbons (Fsp3) is 0.423. The fourth-order valence-corrected chi connectivity index (χ4v) is 4.63. The number of para-hydroxylation sites is 3. The maximum absolute atomic E-state index is 13.2. The minimum Gasteiger partial charge on any atom is -0.355 e. The highest BCUT2D eigenvalue weighted by molar-refractivity contribution is 5.94. The van der Waals surface area contributed by atoms with E-state index in [4.69, 9.17) is 4.98 Å². The van der Waals surface area contributed by atoms with Crippen LogP contribution in [0.1, 0.15) is 44.9 Å². The Balaban J connectivity index is 1.48. The summed E-state index contributed by atoms with van der Waals surface area (Å²) in [6, 6.07) is 17.6. The molecule has 0 radical (unpaired) electrons. The van der Waals surface area contributed by atoms with Gasteiger partial charge in [-0.25, -0.2) is 4.98 Å². The molecule has 1 heterocycles. The predicted molar refractivity (Wildman–Crippen MR) is 127 cm³/mol. The first-order chi connectivity index (χ1) is 15.7. The molecule has 0 spiro atoms. The number of aromatic nitrogens is 2. The molecule has 1 N–H and O–H groups in total. The smallest absolute Gasteiger partial charge is 0.246 e. The second kappa shape index (κ2) is 10.4. The second-order valence-electron chi connectivity index (χ2n) is 8.45. The lowest BCUT2D eigenvalue weighted by molar-refractivity contribution is -0.126. The van der Waals surface area contributed by atoms with Crippen molar-refractivity contribution in [2.75, 3.05) is 18.0 Å². The number of nitrogens with zero attached hydrogens (tertiary/aromatic N) is 3.